The molecule has 0 spiro atoms. The van der Waals surface area contributed by atoms with Crippen LogP contribution in [0.15, 0.2) is 72.9 Å². The van der Waals surface area contributed by atoms with Gasteiger partial charge in [-0.25, -0.2) is 5.48 Å². The van der Waals surface area contributed by atoms with Crippen molar-refractivity contribution in [3.63, 3.8) is 0 Å². The van der Waals surface area contributed by atoms with Crippen LogP contribution in [-0.2, 0) is 4.79 Å². The Labute approximate surface area is 147 Å². The number of carbonyl (C=O) groups excluding carboxylic acids is 1. The number of hydrogen-bond donors (Lipinski definition) is 4. The zero-order chi connectivity index (χ0) is 18.2. The van der Waals surface area contributed by atoms with Gasteiger partial charge in [0.05, 0.1) is 6.10 Å². The number of hydrogen-bond acceptors (Lipinski definition) is 4. The first-order valence-corrected chi connectivity index (χ1v) is 7.92. The first-order valence-electron chi connectivity index (χ1n) is 7.92. The zero-order valence-corrected chi connectivity index (χ0v) is 14.0. The molecule has 4 N–H and O–H groups in total. The normalized spacial score (nSPS) is 13.2. The summed E-state index contributed by atoms with van der Waals surface area (Å²) in [6, 6.07) is 17.1. The van der Waals surface area contributed by atoms with E-state index >= 15 is 0 Å². The first kappa shape index (κ1) is 18.4. The third-order valence-corrected chi connectivity index (χ3v) is 3.71. The molecular formula is C20H22N2O3. The van der Waals surface area contributed by atoms with Crippen LogP contribution in [0.3, 0.4) is 0 Å². The molecule has 0 saturated carbocycles. The molecule has 2 aromatic carbocycles. The first-order chi connectivity index (χ1) is 12.0. The van der Waals surface area contributed by atoms with Crippen molar-refractivity contribution in [3.8, 4) is 11.1 Å². The smallest absolute Gasteiger partial charge is 0.268 e. The number of carbonyl (C=O) groups is 1. The minimum atomic E-state index is -0.984. The van der Waals surface area contributed by atoms with E-state index in [4.69, 9.17) is 5.21 Å². The lowest BCUT2D eigenvalue weighted by Gasteiger charge is -2.20. The van der Waals surface area contributed by atoms with E-state index in [9.17, 15) is 9.90 Å². The van der Waals surface area contributed by atoms with Gasteiger partial charge in [0, 0.05) is 5.70 Å². The number of hydroxylamine groups is 1. The lowest BCUT2D eigenvalue weighted by Crippen LogP contribution is -2.48. The van der Waals surface area contributed by atoms with Crippen molar-refractivity contribution in [1.29, 1.82) is 0 Å². The Morgan fingerprint density at radius 3 is 2.24 bits per heavy atom. The number of amides is 1. The fourth-order valence-corrected chi connectivity index (χ4v) is 2.34. The van der Waals surface area contributed by atoms with Gasteiger partial charge in [-0.05, 0) is 29.7 Å². The van der Waals surface area contributed by atoms with Crippen LogP contribution in [0.1, 0.15) is 12.5 Å². The van der Waals surface area contributed by atoms with Gasteiger partial charge < -0.3 is 10.4 Å². The number of rotatable bonds is 7. The second kappa shape index (κ2) is 8.82. The molecule has 1 amide bonds. The van der Waals surface area contributed by atoms with Crippen LogP contribution in [-0.4, -0.2) is 28.4 Å². The molecule has 0 unspecified atom stereocenters. The van der Waals surface area contributed by atoms with Crippen molar-refractivity contribution in [3.05, 3.63) is 78.5 Å². The van der Waals surface area contributed by atoms with E-state index in [-0.39, 0.29) is 0 Å². The maximum absolute atomic E-state index is 11.5. The summed E-state index contributed by atoms with van der Waals surface area (Å²) < 4.78 is 0. The molecule has 2 atom stereocenters. The molecule has 0 aliphatic carbocycles. The quantitative estimate of drug-likeness (QED) is 0.355. The maximum atomic E-state index is 11.5. The van der Waals surface area contributed by atoms with Gasteiger partial charge in [-0.2, -0.15) is 0 Å². The Hall–Kier alpha value is -2.89. The van der Waals surface area contributed by atoms with Crippen molar-refractivity contribution in [2.45, 2.75) is 19.1 Å². The van der Waals surface area contributed by atoms with Crippen molar-refractivity contribution in [2.24, 2.45) is 0 Å². The van der Waals surface area contributed by atoms with Crippen LogP contribution in [0.5, 0.6) is 0 Å². The predicted molar refractivity (Wildman–Crippen MR) is 98.6 cm³/mol. The van der Waals surface area contributed by atoms with Gasteiger partial charge in [0.25, 0.3) is 5.91 Å². The summed E-state index contributed by atoms with van der Waals surface area (Å²) in [5.41, 5.74) is 5.22. The Morgan fingerprint density at radius 1 is 1.08 bits per heavy atom. The van der Waals surface area contributed by atoms with Gasteiger partial charge in [0.2, 0.25) is 0 Å². The maximum Gasteiger partial charge on any atom is 0.268 e. The summed E-state index contributed by atoms with van der Waals surface area (Å²) in [6.45, 7) is 5.25. The zero-order valence-electron chi connectivity index (χ0n) is 14.0. The van der Waals surface area contributed by atoms with E-state index in [1.54, 1.807) is 6.08 Å². The minimum Gasteiger partial charge on any atom is -0.391 e. The van der Waals surface area contributed by atoms with Crippen molar-refractivity contribution in [1.82, 2.24) is 10.8 Å². The Morgan fingerprint density at radius 2 is 1.68 bits per heavy atom. The summed E-state index contributed by atoms with van der Waals surface area (Å²) in [5.74, 6) is -0.725. The van der Waals surface area contributed by atoms with Crippen molar-refractivity contribution >= 4 is 12.0 Å². The molecule has 0 heterocycles. The van der Waals surface area contributed by atoms with Crippen LogP contribution in [0.2, 0.25) is 0 Å². The molecule has 5 nitrogen and oxygen atoms in total. The van der Waals surface area contributed by atoms with E-state index in [0.717, 1.165) is 16.7 Å². The minimum absolute atomic E-state index is 0.446. The van der Waals surface area contributed by atoms with Gasteiger partial charge in [-0.15, -0.1) is 0 Å². The molecule has 0 radical (unpaired) electrons. The molecule has 0 aromatic heterocycles. The van der Waals surface area contributed by atoms with E-state index in [0.29, 0.717) is 5.70 Å². The summed E-state index contributed by atoms with van der Waals surface area (Å²) in [4.78, 5) is 11.5. The standard InChI is InChI=1S/C20H22N2O3/c1-14(21-19(15(2)23)20(24)22-25)8-9-16-10-12-18(13-11-16)17-6-4-3-5-7-17/h3-13,15,19,21,23,25H,1H2,2H3,(H,22,24)/b9-8+/t15-,19+/m1/s1. The van der Waals surface area contributed by atoms with Gasteiger partial charge in [-0.1, -0.05) is 67.3 Å². The van der Waals surface area contributed by atoms with Crippen LogP contribution in [0.4, 0.5) is 0 Å². The summed E-state index contributed by atoms with van der Waals surface area (Å²) in [6.07, 6.45) is 2.57. The molecule has 2 rings (SSSR count). The molecule has 5 heteroatoms. The number of allylic oxidation sites excluding steroid dienone is 1. The molecule has 0 bridgehead atoms. The van der Waals surface area contributed by atoms with E-state index in [1.165, 1.54) is 12.4 Å². The molecule has 25 heavy (non-hydrogen) atoms. The SMILES string of the molecule is C=C(/C=C/c1ccc(-c2ccccc2)cc1)N[C@H](C(=O)NO)[C@@H](C)O. The Kier molecular flexibility index (Phi) is 6.51. The highest BCUT2D eigenvalue weighted by Gasteiger charge is 2.22. The molecule has 130 valence electrons. The van der Waals surface area contributed by atoms with Crippen molar-refractivity contribution < 1.29 is 15.1 Å². The fraction of sp³-hybridized carbons (Fsp3) is 0.150. The lowest BCUT2D eigenvalue weighted by molar-refractivity contribution is -0.133. The Balaban J connectivity index is 2.01. The topological polar surface area (TPSA) is 81.6 Å². The summed E-state index contributed by atoms with van der Waals surface area (Å²) in [5, 5.41) is 21.1. The monoisotopic (exact) mass is 338 g/mol. The predicted octanol–water partition coefficient (Wildman–Crippen LogP) is 2.72. The second-order valence-corrected chi connectivity index (χ2v) is 5.69. The average Bonchev–Trinajstić information content (AvgIpc) is 2.64. The van der Waals surface area contributed by atoms with Gasteiger partial charge in [0.15, 0.2) is 0 Å². The van der Waals surface area contributed by atoms with E-state index < -0.39 is 18.1 Å². The average molecular weight is 338 g/mol. The number of aliphatic hydroxyl groups is 1. The van der Waals surface area contributed by atoms with Crippen molar-refractivity contribution in [2.75, 3.05) is 0 Å². The molecule has 0 saturated heterocycles. The summed E-state index contributed by atoms with van der Waals surface area (Å²) >= 11 is 0. The third kappa shape index (κ3) is 5.31. The molecule has 2 aromatic rings. The highest BCUT2D eigenvalue weighted by atomic mass is 16.5. The van der Waals surface area contributed by atoms with Gasteiger partial charge >= 0.3 is 0 Å². The lowest BCUT2D eigenvalue weighted by atomic mass is 10.0. The highest BCUT2D eigenvalue weighted by Crippen LogP contribution is 2.19. The van der Waals surface area contributed by atoms with Gasteiger partial charge in [-0.3, -0.25) is 10.0 Å². The van der Waals surface area contributed by atoms with Crippen LogP contribution >= 0.6 is 0 Å². The number of aliphatic hydroxyl groups excluding tert-OH is 1. The second-order valence-electron chi connectivity index (χ2n) is 5.69. The fourth-order valence-electron chi connectivity index (χ4n) is 2.34. The van der Waals surface area contributed by atoms with Crippen LogP contribution < -0.4 is 10.8 Å². The number of benzene rings is 2. The van der Waals surface area contributed by atoms with E-state index in [1.807, 2.05) is 48.5 Å². The summed E-state index contributed by atoms with van der Waals surface area (Å²) in [7, 11) is 0. The third-order valence-electron chi connectivity index (χ3n) is 3.71. The highest BCUT2D eigenvalue weighted by molar-refractivity contribution is 5.81. The van der Waals surface area contributed by atoms with E-state index in [2.05, 4.69) is 24.0 Å². The van der Waals surface area contributed by atoms with Crippen LogP contribution in [0.25, 0.3) is 17.2 Å². The molecule has 0 aliphatic rings. The van der Waals surface area contributed by atoms with Crippen LogP contribution in [0, 0.1) is 0 Å². The molecular weight excluding hydrogens is 316 g/mol. The van der Waals surface area contributed by atoms with Gasteiger partial charge in [0.1, 0.15) is 6.04 Å². The molecule has 0 aliphatic heterocycles. The molecule has 0 fully saturated rings. The number of nitrogens with one attached hydrogen (secondary N) is 2. The Bertz CT molecular complexity index is 737. The largest absolute Gasteiger partial charge is 0.391 e.